The Bertz CT molecular complexity index is 1730. The Morgan fingerprint density at radius 3 is 2.14 bits per heavy atom. The Morgan fingerprint density at radius 1 is 0.881 bits per heavy atom. The molecule has 0 bridgehead atoms. The number of carboxylic acid groups (broad SMARTS) is 1. The van der Waals surface area contributed by atoms with Gasteiger partial charge in [0.15, 0.2) is 0 Å². The molecule has 0 unspecified atom stereocenters. The zero-order chi connectivity index (χ0) is 30.8. The van der Waals surface area contributed by atoms with Crippen molar-refractivity contribution in [2.24, 2.45) is 0 Å². The van der Waals surface area contributed by atoms with E-state index in [4.69, 9.17) is 14.6 Å². The molecule has 0 aliphatic carbocycles. The fourth-order valence-corrected chi connectivity index (χ4v) is 4.14. The van der Waals surface area contributed by atoms with E-state index in [9.17, 15) is 19.8 Å². The van der Waals surface area contributed by atoms with E-state index in [2.05, 4.69) is 5.10 Å². The molecule has 0 radical (unpaired) electrons. The van der Waals surface area contributed by atoms with E-state index in [1.807, 2.05) is 30.3 Å². The molecule has 0 saturated carbocycles. The van der Waals surface area contributed by atoms with Crippen LogP contribution in [0.5, 0.6) is 11.5 Å². The molecule has 5 aromatic rings. The minimum absolute atomic E-state index is 0.0258. The maximum atomic E-state index is 13.3. The Hall–Kier alpha value is -4.83. The molecule has 0 aliphatic rings. The molecule has 0 amide bonds. The number of ether oxygens (including phenoxy) is 2. The number of nitrogens with zero attached hydrogens (tertiary/aromatic N) is 3. The summed E-state index contributed by atoms with van der Waals surface area (Å²) in [6, 6.07) is 20.9. The molecule has 5 rings (SSSR count). The van der Waals surface area contributed by atoms with Gasteiger partial charge >= 0.3 is 12.2 Å². The number of aromatic hydroxyl groups is 1. The molecule has 2 heterocycles. The molecule has 10 nitrogen and oxygen atoms in total. The van der Waals surface area contributed by atoms with Crippen LogP contribution in [0.2, 0.25) is 0 Å². The van der Waals surface area contributed by atoms with E-state index in [1.165, 1.54) is 16.7 Å². The molecular weight excluding hydrogens is 538 g/mol. The Balaban J connectivity index is 0.000000748. The largest absolute Gasteiger partial charge is 0.508 e. The van der Waals surface area contributed by atoms with Crippen LogP contribution in [0, 0.1) is 0 Å². The molecule has 220 valence electrons. The van der Waals surface area contributed by atoms with E-state index < -0.39 is 23.4 Å². The van der Waals surface area contributed by atoms with Crippen LogP contribution in [0.15, 0.2) is 72.8 Å². The molecule has 3 aromatic carbocycles. The molecule has 10 heteroatoms. The fourth-order valence-electron chi connectivity index (χ4n) is 4.14. The van der Waals surface area contributed by atoms with Crippen molar-refractivity contribution >= 4 is 34.0 Å². The molecule has 0 aliphatic heterocycles. The maximum absolute atomic E-state index is 13.3. The number of benzene rings is 3. The molecule has 0 spiro atoms. The molecule has 42 heavy (non-hydrogen) atoms. The first kappa shape index (κ1) is 30.1. The minimum Gasteiger partial charge on any atom is -0.508 e. The first-order valence-electron chi connectivity index (χ1n) is 13.3. The van der Waals surface area contributed by atoms with Crippen molar-refractivity contribution in [2.75, 3.05) is 0 Å². The van der Waals surface area contributed by atoms with E-state index in [0.29, 0.717) is 39.9 Å². The van der Waals surface area contributed by atoms with Crippen molar-refractivity contribution in [1.29, 1.82) is 0 Å². The maximum Gasteiger partial charge on any atom is 0.432 e. The normalized spacial score (nSPS) is 11.7. The molecule has 0 fully saturated rings. The second kappa shape index (κ2) is 11.6. The van der Waals surface area contributed by atoms with Crippen LogP contribution in [-0.2, 0) is 11.3 Å². The van der Waals surface area contributed by atoms with Gasteiger partial charge in [-0.1, -0.05) is 30.3 Å². The van der Waals surface area contributed by atoms with Gasteiger partial charge in [0.25, 0.3) is 0 Å². The van der Waals surface area contributed by atoms with Gasteiger partial charge in [0.05, 0.1) is 22.3 Å². The number of phenols is 1. The average molecular weight is 574 g/mol. The lowest BCUT2D eigenvalue weighted by Crippen LogP contribution is -2.27. The molecule has 0 saturated heterocycles. The highest BCUT2D eigenvalue weighted by Gasteiger charge is 2.26. The van der Waals surface area contributed by atoms with Crippen molar-refractivity contribution in [3.05, 3.63) is 78.4 Å². The summed E-state index contributed by atoms with van der Waals surface area (Å²) in [6.07, 6.45) is -1.93. The Morgan fingerprint density at radius 2 is 1.52 bits per heavy atom. The lowest BCUT2D eigenvalue weighted by atomic mass is 10.1. The second-order valence-corrected chi connectivity index (χ2v) is 11.8. The van der Waals surface area contributed by atoms with Crippen molar-refractivity contribution in [2.45, 2.75) is 59.4 Å². The third kappa shape index (κ3) is 7.27. The number of carbonyl (C=O) groups excluding carboxylic acids is 1. The van der Waals surface area contributed by atoms with Crippen molar-refractivity contribution in [3.8, 4) is 22.9 Å². The summed E-state index contributed by atoms with van der Waals surface area (Å²) >= 11 is 0. The number of carbonyl (C=O) groups is 2. The Labute approximate surface area is 243 Å². The van der Waals surface area contributed by atoms with Crippen molar-refractivity contribution in [3.63, 3.8) is 0 Å². The third-order valence-electron chi connectivity index (χ3n) is 5.68. The summed E-state index contributed by atoms with van der Waals surface area (Å²) in [5.41, 5.74) is 1.09. The topological polar surface area (TPSA) is 136 Å². The molecule has 0 atom stereocenters. The van der Waals surface area contributed by atoms with Crippen LogP contribution < -0.4 is 4.74 Å². The highest BCUT2D eigenvalue weighted by molar-refractivity contribution is 6.03. The van der Waals surface area contributed by atoms with Gasteiger partial charge in [-0.2, -0.15) is 9.78 Å². The van der Waals surface area contributed by atoms with E-state index in [0.717, 1.165) is 10.2 Å². The van der Waals surface area contributed by atoms with Crippen molar-refractivity contribution in [1.82, 2.24) is 14.3 Å². The van der Waals surface area contributed by atoms with Gasteiger partial charge in [0.1, 0.15) is 29.4 Å². The lowest BCUT2D eigenvalue weighted by molar-refractivity contribution is 0.0547. The fraction of sp³-hybridized carbons (Fsp3) is 0.281. The van der Waals surface area contributed by atoms with Gasteiger partial charge in [-0.15, -0.1) is 0 Å². The third-order valence-corrected chi connectivity index (χ3v) is 5.68. The van der Waals surface area contributed by atoms with Gasteiger partial charge < -0.3 is 24.8 Å². The Kier molecular flexibility index (Phi) is 8.31. The van der Waals surface area contributed by atoms with Crippen LogP contribution in [0.4, 0.5) is 9.59 Å². The monoisotopic (exact) mass is 573 g/mol. The van der Waals surface area contributed by atoms with Crippen molar-refractivity contribution < 1.29 is 34.4 Å². The number of rotatable bonds is 4. The summed E-state index contributed by atoms with van der Waals surface area (Å²) in [5, 5.41) is 33.7. The average Bonchev–Trinajstić information content (AvgIpc) is 3.44. The highest BCUT2D eigenvalue weighted by Crippen LogP contribution is 2.36. The molecule has 3 N–H and O–H groups in total. The summed E-state index contributed by atoms with van der Waals surface area (Å²) in [6.45, 7) is 10.8. The number of aliphatic hydroxyl groups is 1. The van der Waals surface area contributed by atoms with Gasteiger partial charge in [-0.05, 0) is 89.6 Å². The number of aromatic nitrogens is 3. The van der Waals surface area contributed by atoms with Gasteiger partial charge in [0, 0.05) is 10.8 Å². The summed E-state index contributed by atoms with van der Waals surface area (Å²) in [4.78, 5) is 25.3. The van der Waals surface area contributed by atoms with Gasteiger partial charge in [0.2, 0.25) is 0 Å². The summed E-state index contributed by atoms with van der Waals surface area (Å²) in [7, 11) is 0. The first-order chi connectivity index (χ1) is 19.6. The van der Waals surface area contributed by atoms with Gasteiger partial charge in [-0.3, -0.25) is 0 Å². The van der Waals surface area contributed by atoms with Gasteiger partial charge in [-0.25, -0.2) is 14.2 Å². The van der Waals surface area contributed by atoms with E-state index in [1.54, 1.807) is 71.9 Å². The van der Waals surface area contributed by atoms with Crippen LogP contribution in [0.25, 0.3) is 33.2 Å². The lowest BCUT2D eigenvalue weighted by Gasteiger charge is -2.20. The summed E-state index contributed by atoms with van der Waals surface area (Å²) < 4.78 is 13.8. The summed E-state index contributed by atoms with van der Waals surface area (Å²) in [5.74, 6) is 0.540. The quantitative estimate of drug-likeness (QED) is 0.208. The first-order valence-corrected chi connectivity index (χ1v) is 13.3. The predicted octanol–water partition coefficient (Wildman–Crippen LogP) is 7.03. The minimum atomic E-state index is -1.27. The smallest absolute Gasteiger partial charge is 0.432 e. The van der Waals surface area contributed by atoms with Crippen LogP contribution in [0.1, 0.15) is 47.1 Å². The zero-order valence-corrected chi connectivity index (χ0v) is 24.5. The number of hydrogen-bond donors (Lipinski definition) is 3. The number of fused-ring (bicyclic) bond motifs is 2. The highest BCUT2D eigenvalue weighted by atomic mass is 16.6. The standard InChI is InChI=1S/C28H25N3O6.C4H10O/c1-28(2,3)37-27(35)30-22-11-9-19(32)13-18(22)14-24(30)25-21-15-20(36-16-17-7-5-4-6-8-17)10-12-23(21)31(29-25)26(33)34;1-4(2,3)5/h4-15,32H,16H2,1-3H3,(H,33,34);5H,1-3H3. The number of phenolic OH excluding ortho intramolecular Hbond substituents is 1. The van der Waals surface area contributed by atoms with Crippen LogP contribution >= 0.6 is 0 Å². The van der Waals surface area contributed by atoms with E-state index >= 15 is 0 Å². The van der Waals surface area contributed by atoms with Crippen LogP contribution in [0.3, 0.4) is 0 Å². The number of hydrogen-bond acceptors (Lipinski definition) is 7. The zero-order valence-electron chi connectivity index (χ0n) is 24.5. The van der Waals surface area contributed by atoms with E-state index in [-0.39, 0.29) is 11.4 Å². The molecular formula is C32H35N3O7. The second-order valence-electron chi connectivity index (χ2n) is 11.8. The predicted molar refractivity (Wildman–Crippen MR) is 160 cm³/mol. The molecule has 2 aromatic heterocycles. The SMILES string of the molecule is CC(C)(C)O.CC(C)(C)OC(=O)n1c(-c2nn(C(=O)O)c3ccc(OCc4ccccc4)cc23)cc2cc(O)ccc21. The van der Waals surface area contributed by atoms with Crippen LogP contribution in [-0.4, -0.2) is 53.1 Å².